The molecule has 1 amide bonds. The third-order valence-corrected chi connectivity index (χ3v) is 4.76. The average molecular weight is 369 g/mol. The van der Waals surface area contributed by atoms with Crippen LogP contribution in [0.15, 0.2) is 48.5 Å². The fourth-order valence-electron chi connectivity index (χ4n) is 3.00. The molecule has 0 atom stereocenters. The van der Waals surface area contributed by atoms with E-state index in [1.807, 2.05) is 55.5 Å². The van der Waals surface area contributed by atoms with Gasteiger partial charge in [0.15, 0.2) is 0 Å². The minimum absolute atomic E-state index is 0.0312. The quantitative estimate of drug-likeness (QED) is 0.610. The van der Waals surface area contributed by atoms with Crippen LogP contribution in [-0.2, 0) is 17.9 Å². The number of nitrogens with zero attached hydrogens (tertiary/aromatic N) is 2. The number of pyridine rings is 1. The van der Waals surface area contributed by atoms with Gasteiger partial charge >= 0.3 is 0 Å². The van der Waals surface area contributed by atoms with Gasteiger partial charge in [0, 0.05) is 36.5 Å². The van der Waals surface area contributed by atoms with E-state index in [0.29, 0.717) is 18.2 Å². The van der Waals surface area contributed by atoms with Gasteiger partial charge in [-0.2, -0.15) is 0 Å². The minimum atomic E-state index is -0.0312. The van der Waals surface area contributed by atoms with E-state index in [4.69, 9.17) is 16.3 Å². The maximum absolute atomic E-state index is 12.2. The molecule has 0 saturated carbocycles. The van der Waals surface area contributed by atoms with Crippen LogP contribution in [0.4, 0.5) is 0 Å². The molecule has 4 nitrogen and oxygen atoms in total. The maximum atomic E-state index is 12.2. The van der Waals surface area contributed by atoms with E-state index in [-0.39, 0.29) is 5.91 Å². The van der Waals surface area contributed by atoms with Gasteiger partial charge in [-0.3, -0.25) is 4.79 Å². The number of hydrogen-bond donors (Lipinski definition) is 0. The van der Waals surface area contributed by atoms with Crippen molar-refractivity contribution >= 4 is 28.4 Å². The summed E-state index contributed by atoms with van der Waals surface area (Å²) >= 11 is 6.41. The van der Waals surface area contributed by atoms with Gasteiger partial charge in [0.05, 0.1) is 12.6 Å². The summed E-state index contributed by atoms with van der Waals surface area (Å²) in [6.45, 7) is 4.40. The van der Waals surface area contributed by atoms with Crippen LogP contribution in [0.1, 0.15) is 23.6 Å². The Kier molecular flexibility index (Phi) is 5.43. The Hall–Kier alpha value is -2.59. The molecule has 0 saturated heterocycles. The third kappa shape index (κ3) is 3.81. The normalized spacial score (nSPS) is 10.8. The van der Waals surface area contributed by atoms with E-state index in [1.165, 1.54) is 0 Å². The number of aryl methyl sites for hydroxylation is 1. The molecule has 26 heavy (non-hydrogen) atoms. The van der Waals surface area contributed by atoms with Crippen LogP contribution in [-0.4, -0.2) is 22.9 Å². The van der Waals surface area contributed by atoms with Crippen LogP contribution in [0.3, 0.4) is 0 Å². The molecule has 3 aromatic rings. The first-order valence-electron chi connectivity index (χ1n) is 8.41. The minimum Gasteiger partial charge on any atom is -0.496 e. The number of carbonyl (C=O) groups is 1. The highest BCUT2D eigenvalue weighted by molar-refractivity contribution is 6.30. The summed E-state index contributed by atoms with van der Waals surface area (Å²) in [5.41, 5.74) is 3.74. The SMILES string of the molecule is COc1ccccc1CN(Cc1cc2cccc(C)c2nc1Cl)C(C)=O. The number of benzene rings is 2. The van der Waals surface area contributed by atoms with Crippen molar-refractivity contribution < 1.29 is 9.53 Å². The lowest BCUT2D eigenvalue weighted by atomic mass is 10.1. The number of carbonyl (C=O) groups excluding carboxylic acids is 1. The molecule has 0 aliphatic rings. The number of halogens is 1. The molecule has 3 rings (SSSR count). The first-order chi connectivity index (χ1) is 12.5. The summed E-state index contributed by atoms with van der Waals surface area (Å²) in [5, 5.41) is 1.45. The molecule has 0 radical (unpaired) electrons. The summed E-state index contributed by atoms with van der Waals surface area (Å²) in [6, 6.07) is 15.7. The van der Waals surface area contributed by atoms with E-state index >= 15 is 0 Å². The lowest BCUT2D eigenvalue weighted by molar-refractivity contribution is -0.130. The van der Waals surface area contributed by atoms with Gasteiger partial charge in [0.1, 0.15) is 10.9 Å². The number of amides is 1. The molecule has 0 aliphatic heterocycles. The zero-order valence-corrected chi connectivity index (χ0v) is 15.9. The van der Waals surface area contributed by atoms with Crippen molar-refractivity contribution in [1.29, 1.82) is 0 Å². The Morgan fingerprint density at radius 2 is 1.85 bits per heavy atom. The van der Waals surface area contributed by atoms with Crippen molar-refractivity contribution in [3.63, 3.8) is 0 Å². The smallest absolute Gasteiger partial charge is 0.220 e. The summed E-state index contributed by atoms with van der Waals surface area (Å²) in [4.78, 5) is 18.5. The Labute approximate surface area is 158 Å². The third-order valence-electron chi connectivity index (χ3n) is 4.43. The summed E-state index contributed by atoms with van der Waals surface area (Å²) in [5.74, 6) is 0.730. The zero-order chi connectivity index (χ0) is 18.7. The number of methoxy groups -OCH3 is 1. The van der Waals surface area contributed by atoms with E-state index in [0.717, 1.165) is 33.3 Å². The second kappa shape index (κ2) is 7.75. The van der Waals surface area contributed by atoms with Crippen molar-refractivity contribution in [2.24, 2.45) is 0 Å². The van der Waals surface area contributed by atoms with Crippen molar-refractivity contribution in [3.8, 4) is 5.75 Å². The molecule has 5 heteroatoms. The van der Waals surface area contributed by atoms with Crippen molar-refractivity contribution in [2.45, 2.75) is 26.9 Å². The number of fused-ring (bicyclic) bond motifs is 1. The van der Waals surface area contributed by atoms with Gasteiger partial charge < -0.3 is 9.64 Å². The molecule has 0 aliphatic carbocycles. The lowest BCUT2D eigenvalue weighted by Crippen LogP contribution is -2.28. The second-order valence-electron chi connectivity index (χ2n) is 6.27. The molecule has 0 bridgehead atoms. The Morgan fingerprint density at radius 1 is 1.12 bits per heavy atom. The van der Waals surface area contributed by atoms with E-state index in [2.05, 4.69) is 4.98 Å². The molecule has 0 fully saturated rings. The molecule has 0 spiro atoms. The highest BCUT2D eigenvalue weighted by Crippen LogP contribution is 2.26. The highest BCUT2D eigenvalue weighted by Gasteiger charge is 2.16. The fraction of sp³-hybridized carbons (Fsp3) is 0.238. The predicted octanol–water partition coefficient (Wildman–Crippen LogP) is 4.75. The number of aromatic nitrogens is 1. The highest BCUT2D eigenvalue weighted by atomic mass is 35.5. The molecule has 1 aromatic heterocycles. The summed E-state index contributed by atoms with van der Waals surface area (Å²) < 4.78 is 5.39. The lowest BCUT2D eigenvalue weighted by Gasteiger charge is -2.23. The first kappa shape index (κ1) is 18.2. The van der Waals surface area contributed by atoms with Crippen molar-refractivity contribution in [2.75, 3.05) is 7.11 Å². The summed E-state index contributed by atoms with van der Waals surface area (Å²) in [6.07, 6.45) is 0. The maximum Gasteiger partial charge on any atom is 0.220 e. The topological polar surface area (TPSA) is 42.4 Å². The Bertz CT molecular complexity index is 956. The van der Waals surface area contributed by atoms with Crippen molar-refractivity contribution in [3.05, 3.63) is 70.4 Å². The second-order valence-corrected chi connectivity index (χ2v) is 6.63. The van der Waals surface area contributed by atoms with Crippen molar-refractivity contribution in [1.82, 2.24) is 9.88 Å². The number of para-hydroxylation sites is 2. The molecule has 0 N–H and O–H groups in total. The van der Waals surface area contributed by atoms with Crippen LogP contribution in [0.25, 0.3) is 10.9 Å². The molecule has 0 unspecified atom stereocenters. The van der Waals surface area contributed by atoms with Crippen LogP contribution < -0.4 is 4.74 Å². The Balaban J connectivity index is 1.92. The average Bonchev–Trinajstić information content (AvgIpc) is 2.63. The molecule has 1 heterocycles. The van der Waals surface area contributed by atoms with Gasteiger partial charge in [-0.1, -0.05) is 48.0 Å². The van der Waals surface area contributed by atoms with E-state index < -0.39 is 0 Å². The number of hydrogen-bond acceptors (Lipinski definition) is 3. The number of rotatable bonds is 5. The van der Waals surface area contributed by atoms with E-state index in [9.17, 15) is 4.79 Å². The van der Waals surface area contributed by atoms with Gasteiger partial charge in [-0.15, -0.1) is 0 Å². The zero-order valence-electron chi connectivity index (χ0n) is 15.1. The van der Waals surface area contributed by atoms with E-state index in [1.54, 1.807) is 18.9 Å². The Morgan fingerprint density at radius 3 is 2.58 bits per heavy atom. The van der Waals surface area contributed by atoms with Gasteiger partial charge in [0.25, 0.3) is 0 Å². The van der Waals surface area contributed by atoms with Crippen LogP contribution in [0.5, 0.6) is 5.75 Å². The molecule has 2 aromatic carbocycles. The molecular formula is C21H21ClN2O2. The summed E-state index contributed by atoms with van der Waals surface area (Å²) in [7, 11) is 1.63. The monoisotopic (exact) mass is 368 g/mol. The van der Waals surface area contributed by atoms with Gasteiger partial charge in [-0.05, 0) is 24.6 Å². The predicted molar refractivity (Wildman–Crippen MR) is 104 cm³/mol. The first-order valence-corrected chi connectivity index (χ1v) is 8.79. The fourth-order valence-corrected chi connectivity index (χ4v) is 3.20. The van der Waals surface area contributed by atoms with Crippen LogP contribution in [0, 0.1) is 6.92 Å². The van der Waals surface area contributed by atoms with Gasteiger partial charge in [-0.25, -0.2) is 4.98 Å². The molecular weight excluding hydrogens is 348 g/mol. The standard InChI is InChI=1S/C21H21ClN2O2/c1-14-7-6-9-16-11-18(21(22)23-20(14)16)13-24(15(2)25)12-17-8-4-5-10-19(17)26-3/h4-11H,12-13H2,1-3H3. The molecule has 134 valence electrons. The largest absolute Gasteiger partial charge is 0.496 e. The number of ether oxygens (including phenoxy) is 1. The van der Waals surface area contributed by atoms with Crippen LogP contribution >= 0.6 is 11.6 Å². The van der Waals surface area contributed by atoms with Crippen LogP contribution in [0.2, 0.25) is 5.15 Å². The van der Waals surface area contributed by atoms with Gasteiger partial charge in [0.2, 0.25) is 5.91 Å².